The van der Waals surface area contributed by atoms with Crippen molar-refractivity contribution in [3.05, 3.63) is 54.0 Å². The molecule has 3 aromatic rings. The highest BCUT2D eigenvalue weighted by atomic mass is 19.1. The second kappa shape index (κ2) is 7.34. The zero-order valence-electron chi connectivity index (χ0n) is 15.4. The summed E-state index contributed by atoms with van der Waals surface area (Å²) in [5.74, 6) is -2.08. The normalized spacial score (nSPS) is 13.3. The molecule has 1 aliphatic carbocycles. The molecule has 5 N–H and O–H groups in total. The Bertz CT molecular complexity index is 1120. The number of rotatable bonds is 7. The number of primary amides is 2. The van der Waals surface area contributed by atoms with Crippen molar-refractivity contribution in [2.45, 2.75) is 18.9 Å². The van der Waals surface area contributed by atoms with Crippen molar-refractivity contribution in [1.29, 1.82) is 0 Å². The molecule has 9 heteroatoms. The van der Waals surface area contributed by atoms with Gasteiger partial charge >= 0.3 is 0 Å². The number of aromatic nitrogens is 2. The molecule has 0 atom stereocenters. The molecule has 1 fully saturated rings. The van der Waals surface area contributed by atoms with Gasteiger partial charge in [-0.15, -0.1) is 0 Å². The number of carbonyl (C=O) groups excluding carboxylic acids is 2. The van der Waals surface area contributed by atoms with Gasteiger partial charge in [-0.25, -0.2) is 9.37 Å². The summed E-state index contributed by atoms with van der Waals surface area (Å²) < 4.78 is 14.7. The summed E-state index contributed by atoms with van der Waals surface area (Å²) in [6.07, 6.45) is 3.32. The molecule has 29 heavy (non-hydrogen) atoms. The fourth-order valence-electron chi connectivity index (χ4n) is 3.18. The number of amides is 2. The lowest BCUT2D eigenvalue weighted by atomic mass is 10.2. The van der Waals surface area contributed by atoms with Gasteiger partial charge < -0.3 is 21.7 Å². The summed E-state index contributed by atoms with van der Waals surface area (Å²) in [4.78, 5) is 33.4. The van der Waals surface area contributed by atoms with Gasteiger partial charge in [-0.3, -0.25) is 14.6 Å². The molecule has 0 spiro atoms. The van der Waals surface area contributed by atoms with E-state index in [2.05, 4.69) is 15.3 Å². The van der Waals surface area contributed by atoms with Crippen LogP contribution >= 0.6 is 0 Å². The highest BCUT2D eigenvalue weighted by molar-refractivity contribution is 5.99. The third kappa shape index (κ3) is 3.93. The van der Waals surface area contributed by atoms with Crippen molar-refractivity contribution >= 4 is 40.0 Å². The number of nitrogens with one attached hydrogen (secondary N) is 1. The molecule has 148 valence electrons. The van der Waals surface area contributed by atoms with E-state index in [1.807, 2.05) is 24.3 Å². The topological polar surface area (TPSA) is 127 Å². The number of halogens is 1. The van der Waals surface area contributed by atoms with Crippen LogP contribution in [0.15, 0.2) is 42.6 Å². The molecule has 1 aromatic carbocycles. The smallest absolute Gasteiger partial charge is 0.252 e. The quantitative estimate of drug-likeness (QED) is 0.563. The first kappa shape index (κ1) is 18.6. The van der Waals surface area contributed by atoms with Crippen LogP contribution in [-0.4, -0.2) is 34.4 Å². The van der Waals surface area contributed by atoms with Crippen molar-refractivity contribution in [3.8, 4) is 0 Å². The van der Waals surface area contributed by atoms with Gasteiger partial charge in [0.15, 0.2) is 11.6 Å². The molecule has 2 aromatic heterocycles. The zero-order chi connectivity index (χ0) is 20.5. The van der Waals surface area contributed by atoms with E-state index < -0.39 is 17.6 Å². The van der Waals surface area contributed by atoms with E-state index >= 15 is 0 Å². The first-order chi connectivity index (χ1) is 13.9. The van der Waals surface area contributed by atoms with Crippen LogP contribution in [0.25, 0.3) is 10.9 Å². The Kier molecular flexibility index (Phi) is 4.71. The standard InChI is InChI=1S/C20H19FN6O2/c21-15-9-14(18(23)29)19(26-20(15)27(10-17(22)28)13-4-5-13)25-12-3-6-16-11(8-12)2-1-7-24-16/h1-3,6-9,13H,4-5,10H2,(H2,22,28)(H2,23,29)(H,25,26). The Balaban J connectivity index is 1.75. The monoisotopic (exact) mass is 394 g/mol. The van der Waals surface area contributed by atoms with Crippen LogP contribution < -0.4 is 21.7 Å². The van der Waals surface area contributed by atoms with Gasteiger partial charge in [0.2, 0.25) is 5.91 Å². The summed E-state index contributed by atoms with van der Waals surface area (Å²) >= 11 is 0. The molecule has 1 aliphatic rings. The lowest BCUT2D eigenvalue weighted by molar-refractivity contribution is -0.116. The maximum absolute atomic E-state index is 14.7. The Labute approximate surface area is 165 Å². The Morgan fingerprint density at radius 2 is 2.00 bits per heavy atom. The zero-order valence-corrected chi connectivity index (χ0v) is 15.4. The first-order valence-corrected chi connectivity index (χ1v) is 9.09. The number of pyridine rings is 2. The van der Waals surface area contributed by atoms with Crippen molar-refractivity contribution in [3.63, 3.8) is 0 Å². The third-order valence-electron chi connectivity index (χ3n) is 4.67. The van der Waals surface area contributed by atoms with E-state index in [0.29, 0.717) is 5.69 Å². The van der Waals surface area contributed by atoms with E-state index in [1.165, 1.54) is 4.90 Å². The molecule has 0 unspecified atom stereocenters. The summed E-state index contributed by atoms with van der Waals surface area (Å²) in [5, 5.41) is 3.92. The second-order valence-corrected chi connectivity index (χ2v) is 6.92. The second-order valence-electron chi connectivity index (χ2n) is 6.92. The lowest BCUT2D eigenvalue weighted by Gasteiger charge is -2.23. The molecular weight excluding hydrogens is 375 g/mol. The van der Waals surface area contributed by atoms with E-state index in [1.54, 1.807) is 12.3 Å². The number of benzene rings is 1. The maximum Gasteiger partial charge on any atom is 0.252 e. The Morgan fingerprint density at radius 1 is 1.21 bits per heavy atom. The number of nitrogens with zero attached hydrogens (tertiary/aromatic N) is 3. The molecule has 0 aliphatic heterocycles. The van der Waals surface area contributed by atoms with Crippen LogP contribution in [0.2, 0.25) is 0 Å². The Hall–Kier alpha value is -3.75. The Morgan fingerprint density at radius 3 is 2.69 bits per heavy atom. The molecule has 0 radical (unpaired) electrons. The number of fused-ring (bicyclic) bond motifs is 1. The molecule has 8 nitrogen and oxygen atoms in total. The van der Waals surface area contributed by atoms with E-state index in [-0.39, 0.29) is 29.8 Å². The van der Waals surface area contributed by atoms with Gasteiger partial charge in [0, 0.05) is 23.3 Å². The largest absolute Gasteiger partial charge is 0.368 e. The molecule has 0 bridgehead atoms. The predicted octanol–water partition coefficient (Wildman–Crippen LogP) is 2.07. The lowest BCUT2D eigenvalue weighted by Crippen LogP contribution is -2.37. The van der Waals surface area contributed by atoms with Crippen LogP contribution in [0.3, 0.4) is 0 Å². The maximum atomic E-state index is 14.7. The SMILES string of the molecule is NC(=O)CN(c1nc(Nc2ccc3ncccc3c2)c(C(N)=O)cc1F)C1CC1. The van der Waals surface area contributed by atoms with Crippen molar-refractivity contribution in [2.24, 2.45) is 11.5 Å². The highest BCUT2D eigenvalue weighted by Gasteiger charge is 2.33. The minimum Gasteiger partial charge on any atom is -0.368 e. The molecule has 4 rings (SSSR count). The van der Waals surface area contributed by atoms with E-state index in [0.717, 1.165) is 29.8 Å². The molecular formula is C20H19FN6O2. The fourth-order valence-corrected chi connectivity index (χ4v) is 3.18. The summed E-state index contributed by atoms with van der Waals surface area (Å²) in [5.41, 5.74) is 12.1. The molecule has 1 saturated carbocycles. The van der Waals surface area contributed by atoms with Gasteiger partial charge in [-0.2, -0.15) is 0 Å². The van der Waals surface area contributed by atoms with Crippen LogP contribution in [0.5, 0.6) is 0 Å². The fraction of sp³-hybridized carbons (Fsp3) is 0.200. The minimum atomic E-state index is -0.819. The highest BCUT2D eigenvalue weighted by Crippen LogP contribution is 2.34. The first-order valence-electron chi connectivity index (χ1n) is 9.09. The van der Waals surface area contributed by atoms with Crippen LogP contribution in [0.1, 0.15) is 23.2 Å². The van der Waals surface area contributed by atoms with E-state index in [4.69, 9.17) is 11.5 Å². The number of anilines is 3. The summed E-state index contributed by atoms with van der Waals surface area (Å²) in [6.45, 7) is -0.161. The third-order valence-corrected chi connectivity index (χ3v) is 4.67. The van der Waals surface area contributed by atoms with E-state index in [9.17, 15) is 14.0 Å². The molecule has 2 amide bonds. The van der Waals surface area contributed by atoms with Gasteiger partial charge in [0.05, 0.1) is 17.6 Å². The predicted molar refractivity (Wildman–Crippen MR) is 107 cm³/mol. The summed E-state index contributed by atoms with van der Waals surface area (Å²) in [7, 11) is 0. The average Bonchev–Trinajstić information content (AvgIpc) is 3.52. The van der Waals surface area contributed by atoms with Crippen molar-refractivity contribution < 1.29 is 14.0 Å². The number of nitrogens with two attached hydrogens (primary N) is 2. The average molecular weight is 394 g/mol. The van der Waals surface area contributed by atoms with Crippen molar-refractivity contribution in [2.75, 3.05) is 16.8 Å². The van der Waals surface area contributed by atoms with Gasteiger partial charge in [-0.05, 0) is 43.2 Å². The minimum absolute atomic E-state index is 0.0106. The molecule has 2 heterocycles. The van der Waals surface area contributed by atoms with Crippen LogP contribution in [0, 0.1) is 5.82 Å². The summed E-state index contributed by atoms with van der Waals surface area (Å²) in [6, 6.07) is 10.2. The van der Waals surface area contributed by atoms with Gasteiger partial charge in [0.25, 0.3) is 5.91 Å². The number of hydrogen-bond donors (Lipinski definition) is 3. The number of carbonyl (C=O) groups is 2. The van der Waals surface area contributed by atoms with Gasteiger partial charge in [0.1, 0.15) is 5.82 Å². The van der Waals surface area contributed by atoms with Crippen LogP contribution in [0.4, 0.5) is 21.7 Å². The molecule has 0 saturated heterocycles. The van der Waals surface area contributed by atoms with Gasteiger partial charge in [-0.1, -0.05) is 6.07 Å². The number of hydrogen-bond acceptors (Lipinski definition) is 6. The van der Waals surface area contributed by atoms with Crippen LogP contribution in [-0.2, 0) is 4.79 Å². The van der Waals surface area contributed by atoms with Crippen molar-refractivity contribution in [1.82, 2.24) is 9.97 Å².